The number of pyridine rings is 1. The predicted octanol–water partition coefficient (Wildman–Crippen LogP) is 2.17. The van der Waals surface area contributed by atoms with Gasteiger partial charge in [0, 0.05) is 12.3 Å². The molecule has 0 bridgehead atoms. The summed E-state index contributed by atoms with van der Waals surface area (Å²) in [5.74, 6) is -0.788. The Bertz CT molecular complexity index is 1090. The zero-order valence-electron chi connectivity index (χ0n) is 15.7. The van der Waals surface area contributed by atoms with Crippen molar-refractivity contribution in [3.63, 3.8) is 0 Å². The maximum absolute atomic E-state index is 12.2. The van der Waals surface area contributed by atoms with Crippen LogP contribution < -0.4 is 15.6 Å². The lowest BCUT2D eigenvalue weighted by molar-refractivity contribution is -0.119. The maximum Gasteiger partial charge on any atom is 0.359 e. The van der Waals surface area contributed by atoms with Crippen molar-refractivity contribution in [2.75, 3.05) is 18.5 Å². The summed E-state index contributed by atoms with van der Waals surface area (Å²) < 4.78 is 11.6. The van der Waals surface area contributed by atoms with Gasteiger partial charge in [0.2, 0.25) is 0 Å². The number of aromatic nitrogens is 3. The first-order valence-electron chi connectivity index (χ1n) is 8.86. The molecule has 0 saturated carbocycles. The Morgan fingerprint density at radius 1 is 1.07 bits per heavy atom. The molecule has 30 heavy (non-hydrogen) atoms. The SMILES string of the molecule is O=C(COC(=O)c1ccc(=O)n(CCOc2ccccc2)n1)Nc1cccnc1Cl. The summed E-state index contributed by atoms with van der Waals surface area (Å²) in [6.07, 6.45) is 1.48. The van der Waals surface area contributed by atoms with Gasteiger partial charge in [0.1, 0.15) is 12.4 Å². The average molecular weight is 429 g/mol. The molecule has 0 unspecified atom stereocenters. The van der Waals surface area contributed by atoms with Crippen LogP contribution in [0.2, 0.25) is 5.15 Å². The number of carbonyl (C=O) groups excluding carboxylic acids is 2. The normalized spacial score (nSPS) is 10.3. The number of hydrogen-bond donors (Lipinski definition) is 1. The second-order valence-electron chi connectivity index (χ2n) is 5.91. The van der Waals surface area contributed by atoms with Gasteiger partial charge in [-0.05, 0) is 30.3 Å². The van der Waals surface area contributed by atoms with Gasteiger partial charge in [0.25, 0.3) is 11.5 Å². The van der Waals surface area contributed by atoms with Gasteiger partial charge in [-0.2, -0.15) is 5.10 Å². The largest absolute Gasteiger partial charge is 0.492 e. The van der Waals surface area contributed by atoms with Crippen LogP contribution in [0.15, 0.2) is 65.6 Å². The standard InChI is InChI=1S/C20H17ClN4O5/c21-19-15(7-4-10-22-19)23-17(26)13-30-20(28)16-8-9-18(27)25(24-16)11-12-29-14-5-2-1-3-6-14/h1-10H,11-13H2,(H,23,26). The minimum absolute atomic E-state index is 0.110. The number of anilines is 1. The molecular weight excluding hydrogens is 412 g/mol. The lowest BCUT2D eigenvalue weighted by Crippen LogP contribution is -2.28. The molecule has 9 nitrogen and oxygen atoms in total. The summed E-state index contributed by atoms with van der Waals surface area (Å²) in [5.41, 5.74) is -0.209. The number of rotatable bonds is 8. The molecule has 1 aromatic carbocycles. The monoisotopic (exact) mass is 428 g/mol. The summed E-state index contributed by atoms with van der Waals surface area (Å²) in [5, 5.41) is 6.56. The highest BCUT2D eigenvalue weighted by Gasteiger charge is 2.14. The Labute approximate surface area is 176 Å². The van der Waals surface area contributed by atoms with E-state index in [1.165, 1.54) is 18.3 Å². The quantitative estimate of drug-likeness (QED) is 0.432. The van der Waals surface area contributed by atoms with Gasteiger partial charge in [0.15, 0.2) is 17.5 Å². The molecule has 0 aliphatic heterocycles. The lowest BCUT2D eigenvalue weighted by atomic mass is 10.3. The Hall–Kier alpha value is -3.72. The minimum Gasteiger partial charge on any atom is -0.492 e. The van der Waals surface area contributed by atoms with E-state index in [1.807, 2.05) is 18.2 Å². The zero-order chi connectivity index (χ0) is 21.3. The highest BCUT2D eigenvalue weighted by molar-refractivity contribution is 6.32. The van der Waals surface area contributed by atoms with Crippen LogP contribution in [0.25, 0.3) is 0 Å². The van der Waals surface area contributed by atoms with E-state index in [1.54, 1.807) is 24.3 Å². The summed E-state index contributed by atoms with van der Waals surface area (Å²) in [7, 11) is 0. The van der Waals surface area contributed by atoms with Crippen LogP contribution in [0.5, 0.6) is 5.75 Å². The van der Waals surface area contributed by atoms with Crippen LogP contribution in [-0.2, 0) is 16.1 Å². The summed E-state index contributed by atoms with van der Waals surface area (Å²) in [6.45, 7) is -0.236. The third-order valence-corrected chi connectivity index (χ3v) is 4.06. The Kier molecular flexibility index (Phi) is 7.12. The molecule has 154 valence electrons. The van der Waals surface area contributed by atoms with Crippen molar-refractivity contribution < 1.29 is 19.1 Å². The van der Waals surface area contributed by atoms with Crippen molar-refractivity contribution in [3.05, 3.63) is 82.0 Å². The molecule has 0 atom stereocenters. The van der Waals surface area contributed by atoms with Gasteiger partial charge >= 0.3 is 5.97 Å². The minimum atomic E-state index is -0.847. The maximum atomic E-state index is 12.2. The molecule has 2 aromatic heterocycles. The molecule has 0 spiro atoms. The fourth-order valence-electron chi connectivity index (χ4n) is 2.36. The fraction of sp³-hybridized carbons (Fsp3) is 0.150. The first-order valence-corrected chi connectivity index (χ1v) is 9.24. The highest BCUT2D eigenvalue weighted by atomic mass is 35.5. The first-order chi connectivity index (χ1) is 14.5. The molecule has 0 radical (unpaired) electrons. The molecule has 3 aromatic rings. The number of esters is 1. The summed E-state index contributed by atoms with van der Waals surface area (Å²) in [4.78, 5) is 39.9. The first kappa shape index (κ1) is 21.0. The van der Waals surface area contributed by atoms with Crippen LogP contribution in [0.3, 0.4) is 0 Å². The topological polar surface area (TPSA) is 112 Å². The second-order valence-corrected chi connectivity index (χ2v) is 6.27. The molecule has 10 heteroatoms. The molecule has 0 aliphatic rings. The third kappa shape index (κ3) is 5.89. The molecule has 0 aliphatic carbocycles. The van der Waals surface area contributed by atoms with E-state index in [-0.39, 0.29) is 24.0 Å². The predicted molar refractivity (Wildman–Crippen MR) is 109 cm³/mol. The Balaban J connectivity index is 1.54. The Morgan fingerprint density at radius 2 is 1.87 bits per heavy atom. The van der Waals surface area contributed by atoms with Crippen molar-refractivity contribution in [2.24, 2.45) is 0 Å². The molecule has 1 amide bonds. The van der Waals surface area contributed by atoms with Crippen molar-refractivity contribution in [2.45, 2.75) is 6.54 Å². The van der Waals surface area contributed by atoms with E-state index in [4.69, 9.17) is 21.1 Å². The van der Waals surface area contributed by atoms with E-state index < -0.39 is 24.0 Å². The highest BCUT2D eigenvalue weighted by Crippen LogP contribution is 2.17. The third-order valence-electron chi connectivity index (χ3n) is 3.76. The summed E-state index contributed by atoms with van der Waals surface area (Å²) in [6, 6.07) is 14.7. The molecule has 1 N–H and O–H groups in total. The number of amides is 1. The van der Waals surface area contributed by atoms with Crippen LogP contribution in [0.4, 0.5) is 5.69 Å². The van der Waals surface area contributed by atoms with Gasteiger partial charge in [-0.15, -0.1) is 0 Å². The van der Waals surface area contributed by atoms with Crippen LogP contribution in [0, 0.1) is 0 Å². The van der Waals surface area contributed by atoms with Crippen molar-refractivity contribution in [3.8, 4) is 5.75 Å². The van der Waals surface area contributed by atoms with Gasteiger partial charge in [-0.25, -0.2) is 14.5 Å². The van der Waals surface area contributed by atoms with Crippen LogP contribution in [-0.4, -0.2) is 39.9 Å². The van der Waals surface area contributed by atoms with Gasteiger partial charge in [0.05, 0.1) is 12.2 Å². The van der Waals surface area contributed by atoms with E-state index >= 15 is 0 Å². The van der Waals surface area contributed by atoms with Gasteiger partial charge in [-0.1, -0.05) is 29.8 Å². The van der Waals surface area contributed by atoms with Gasteiger partial charge in [-0.3, -0.25) is 9.59 Å². The smallest absolute Gasteiger partial charge is 0.359 e. The van der Waals surface area contributed by atoms with Crippen LogP contribution >= 0.6 is 11.6 Å². The molecule has 0 saturated heterocycles. The number of halogens is 1. The fourth-order valence-corrected chi connectivity index (χ4v) is 2.52. The van der Waals surface area contributed by atoms with Crippen molar-refractivity contribution >= 4 is 29.2 Å². The number of nitrogens with one attached hydrogen (secondary N) is 1. The zero-order valence-corrected chi connectivity index (χ0v) is 16.4. The summed E-state index contributed by atoms with van der Waals surface area (Å²) >= 11 is 5.85. The van der Waals surface area contributed by atoms with Crippen LogP contribution in [0.1, 0.15) is 10.5 Å². The Morgan fingerprint density at radius 3 is 2.63 bits per heavy atom. The van der Waals surface area contributed by atoms with Crippen molar-refractivity contribution in [1.82, 2.24) is 14.8 Å². The molecule has 3 rings (SSSR count). The number of para-hydroxylation sites is 1. The number of hydrogen-bond acceptors (Lipinski definition) is 7. The second kappa shape index (κ2) is 10.2. The molecule has 2 heterocycles. The van der Waals surface area contributed by atoms with Gasteiger partial charge < -0.3 is 14.8 Å². The number of ether oxygens (including phenoxy) is 2. The van der Waals surface area contributed by atoms with E-state index in [0.29, 0.717) is 11.4 Å². The number of benzene rings is 1. The molecular formula is C20H17ClN4O5. The van der Waals surface area contributed by atoms with E-state index in [2.05, 4.69) is 15.4 Å². The van der Waals surface area contributed by atoms with E-state index in [0.717, 1.165) is 4.68 Å². The van der Waals surface area contributed by atoms with Crippen molar-refractivity contribution in [1.29, 1.82) is 0 Å². The number of nitrogens with zero attached hydrogens (tertiary/aromatic N) is 3. The molecule has 0 fully saturated rings. The average Bonchev–Trinajstić information content (AvgIpc) is 2.76. The van der Waals surface area contributed by atoms with E-state index in [9.17, 15) is 14.4 Å². The number of carbonyl (C=O) groups is 2. The lowest BCUT2D eigenvalue weighted by Gasteiger charge is -2.09.